The van der Waals surface area contributed by atoms with Crippen LogP contribution in [0.3, 0.4) is 0 Å². The molecule has 5 heteroatoms. The molecule has 1 saturated heterocycles. The average molecular weight is 578 g/mol. The standard InChI is InChI=1S/C32H49BrO4/c1-18-9-14-31-16-15-30(8)29(7)13-10-21-27(4,5)24(36-20(3)34)11-12-28(21,6)22(29)17-23(33)32(30,37-26(31)35)25(31)19(18)2/h18-19,21-25H,9-17H2,1-8H3/t18-,19+,21+,22-,23+,24+,25-,28+,29-,30+,31+,32+/m1/s1. The van der Waals surface area contributed by atoms with E-state index in [9.17, 15) is 9.59 Å². The van der Waals surface area contributed by atoms with Gasteiger partial charge < -0.3 is 9.47 Å². The second-order valence-corrected chi connectivity index (χ2v) is 16.9. The highest BCUT2D eigenvalue weighted by Gasteiger charge is 2.83. The van der Waals surface area contributed by atoms with Crippen LogP contribution in [0.5, 0.6) is 0 Å². The van der Waals surface area contributed by atoms with E-state index in [1.54, 1.807) is 6.92 Å². The molecule has 208 valence electrons. The molecule has 0 aromatic rings. The number of alkyl halides is 1. The number of ether oxygens (including phenoxy) is 2. The van der Waals surface area contributed by atoms with Crippen molar-refractivity contribution in [3.8, 4) is 0 Å². The summed E-state index contributed by atoms with van der Waals surface area (Å²) in [6.07, 6.45) is 9.65. The fourth-order valence-corrected chi connectivity index (χ4v) is 13.7. The van der Waals surface area contributed by atoms with E-state index in [4.69, 9.17) is 9.47 Å². The summed E-state index contributed by atoms with van der Waals surface area (Å²) < 4.78 is 12.8. The van der Waals surface area contributed by atoms with E-state index in [0.29, 0.717) is 29.6 Å². The molecule has 1 heterocycles. The van der Waals surface area contributed by atoms with Crippen LogP contribution in [0.15, 0.2) is 0 Å². The second kappa shape index (κ2) is 7.78. The summed E-state index contributed by atoms with van der Waals surface area (Å²) in [4.78, 5) is 26.0. The van der Waals surface area contributed by atoms with Gasteiger partial charge in [0.1, 0.15) is 11.7 Å². The van der Waals surface area contributed by atoms with Crippen LogP contribution in [-0.4, -0.2) is 28.5 Å². The first kappa shape index (κ1) is 26.6. The predicted octanol–water partition coefficient (Wildman–Crippen LogP) is 7.71. The molecule has 5 aliphatic carbocycles. The molecule has 0 aromatic heterocycles. The van der Waals surface area contributed by atoms with Gasteiger partial charge in [-0.05, 0) is 92.3 Å². The van der Waals surface area contributed by atoms with Gasteiger partial charge in [0.2, 0.25) is 0 Å². The van der Waals surface area contributed by atoms with Crippen molar-refractivity contribution in [2.24, 2.45) is 56.7 Å². The summed E-state index contributed by atoms with van der Waals surface area (Å²) in [5, 5.41) is 0. The maximum absolute atomic E-state index is 13.9. The third-order valence-electron chi connectivity index (χ3n) is 14.6. The highest BCUT2D eigenvalue weighted by atomic mass is 79.9. The smallest absolute Gasteiger partial charge is 0.313 e. The number of halogens is 1. The van der Waals surface area contributed by atoms with Crippen LogP contribution in [0.2, 0.25) is 0 Å². The summed E-state index contributed by atoms with van der Waals surface area (Å²) in [6, 6.07) is 0. The van der Waals surface area contributed by atoms with Crippen molar-refractivity contribution < 1.29 is 19.1 Å². The molecule has 5 saturated carbocycles. The molecule has 12 atom stereocenters. The quantitative estimate of drug-likeness (QED) is 0.237. The molecule has 1 spiro atoms. The monoisotopic (exact) mass is 576 g/mol. The van der Waals surface area contributed by atoms with Crippen molar-refractivity contribution in [2.45, 2.75) is 130 Å². The number of fused-ring (bicyclic) bond motifs is 4. The van der Waals surface area contributed by atoms with Gasteiger partial charge in [0.25, 0.3) is 0 Å². The van der Waals surface area contributed by atoms with E-state index >= 15 is 0 Å². The Kier molecular flexibility index (Phi) is 5.60. The average Bonchev–Trinajstić information content (AvgIpc) is 3.03. The Morgan fingerprint density at radius 3 is 2.32 bits per heavy atom. The number of rotatable bonds is 1. The van der Waals surface area contributed by atoms with E-state index in [2.05, 4.69) is 64.4 Å². The molecule has 6 aliphatic rings. The second-order valence-electron chi connectivity index (χ2n) is 15.8. The van der Waals surface area contributed by atoms with Crippen LogP contribution in [-0.2, 0) is 19.1 Å². The lowest BCUT2D eigenvalue weighted by atomic mass is 9.30. The van der Waals surface area contributed by atoms with Crippen LogP contribution >= 0.6 is 15.9 Å². The van der Waals surface area contributed by atoms with Crippen LogP contribution in [0.25, 0.3) is 0 Å². The van der Waals surface area contributed by atoms with E-state index in [1.165, 1.54) is 0 Å². The SMILES string of the molecule is CC(=O)O[C@H]1CC[C@]2(C)[C@H]3C[C@H](Br)[C@]45OC(=O)[C@@]6(CC[C@@H](C)[C@H](C)[C@H]64)CC[C@@]5(C)[C@]3(C)CC[C@H]2C1(C)C. The minimum absolute atomic E-state index is 0.00613. The van der Waals surface area contributed by atoms with Gasteiger partial charge in [0.15, 0.2) is 0 Å². The van der Waals surface area contributed by atoms with Crippen LogP contribution in [0.4, 0.5) is 0 Å². The van der Waals surface area contributed by atoms with E-state index in [-0.39, 0.29) is 49.9 Å². The molecule has 37 heavy (non-hydrogen) atoms. The van der Waals surface area contributed by atoms with Gasteiger partial charge in [-0.1, -0.05) is 64.4 Å². The summed E-state index contributed by atoms with van der Waals surface area (Å²) in [7, 11) is 0. The number of carbonyl (C=O) groups is 2. The molecule has 0 N–H and O–H groups in total. The molecule has 6 fully saturated rings. The Morgan fingerprint density at radius 2 is 1.65 bits per heavy atom. The minimum atomic E-state index is -0.421. The highest BCUT2D eigenvalue weighted by Crippen LogP contribution is 2.81. The minimum Gasteiger partial charge on any atom is -0.462 e. The van der Waals surface area contributed by atoms with Gasteiger partial charge in [-0.2, -0.15) is 0 Å². The number of esters is 2. The van der Waals surface area contributed by atoms with Crippen molar-refractivity contribution in [3.05, 3.63) is 0 Å². The molecule has 4 nitrogen and oxygen atoms in total. The lowest BCUT2D eigenvalue weighted by molar-refractivity contribution is -0.286. The Hall–Kier alpha value is -0.580. The molecule has 0 aromatic carbocycles. The Labute approximate surface area is 232 Å². The van der Waals surface area contributed by atoms with Gasteiger partial charge in [-0.3, -0.25) is 9.59 Å². The molecule has 0 amide bonds. The maximum Gasteiger partial charge on any atom is 0.313 e. The zero-order valence-corrected chi connectivity index (χ0v) is 26.0. The summed E-state index contributed by atoms with van der Waals surface area (Å²) >= 11 is 4.30. The fourth-order valence-electron chi connectivity index (χ4n) is 12.4. The van der Waals surface area contributed by atoms with Crippen molar-refractivity contribution >= 4 is 27.9 Å². The van der Waals surface area contributed by atoms with Crippen molar-refractivity contribution in [1.29, 1.82) is 0 Å². The fraction of sp³-hybridized carbons (Fsp3) is 0.938. The van der Waals surface area contributed by atoms with Gasteiger partial charge in [0.05, 0.1) is 10.2 Å². The van der Waals surface area contributed by atoms with E-state index in [1.807, 2.05) is 0 Å². The van der Waals surface area contributed by atoms with Crippen molar-refractivity contribution in [1.82, 2.24) is 0 Å². The summed E-state index contributed by atoms with van der Waals surface area (Å²) in [6.45, 7) is 18.7. The molecular weight excluding hydrogens is 528 g/mol. The van der Waals surface area contributed by atoms with Crippen molar-refractivity contribution in [3.63, 3.8) is 0 Å². The normalized spacial score (nSPS) is 57.8. The first-order chi connectivity index (χ1) is 17.1. The Bertz CT molecular complexity index is 1020. The predicted molar refractivity (Wildman–Crippen MR) is 148 cm³/mol. The first-order valence-corrected chi connectivity index (χ1v) is 16.1. The summed E-state index contributed by atoms with van der Waals surface area (Å²) in [5.41, 5.74) is -0.530. The molecule has 0 unspecified atom stereocenters. The van der Waals surface area contributed by atoms with Crippen LogP contribution in [0, 0.1) is 56.7 Å². The largest absolute Gasteiger partial charge is 0.462 e. The van der Waals surface area contributed by atoms with E-state index in [0.717, 1.165) is 57.8 Å². The Balaban J connectivity index is 1.45. The topological polar surface area (TPSA) is 52.6 Å². The molecule has 6 rings (SSSR count). The first-order valence-electron chi connectivity index (χ1n) is 15.2. The van der Waals surface area contributed by atoms with E-state index < -0.39 is 5.60 Å². The van der Waals surface area contributed by atoms with Gasteiger partial charge >= 0.3 is 11.9 Å². The third-order valence-corrected chi connectivity index (χ3v) is 15.6. The maximum atomic E-state index is 13.9. The lowest BCUT2D eigenvalue weighted by Gasteiger charge is -2.75. The molecule has 2 bridgehead atoms. The number of hydrogen-bond donors (Lipinski definition) is 0. The number of carbonyl (C=O) groups excluding carboxylic acids is 2. The van der Waals surface area contributed by atoms with Gasteiger partial charge in [0, 0.05) is 23.7 Å². The summed E-state index contributed by atoms with van der Waals surface area (Å²) in [5.74, 6) is 2.44. The van der Waals surface area contributed by atoms with Crippen LogP contribution in [0.1, 0.15) is 113 Å². The molecule has 1 aliphatic heterocycles. The highest BCUT2D eigenvalue weighted by molar-refractivity contribution is 9.09. The molecule has 0 radical (unpaired) electrons. The zero-order valence-electron chi connectivity index (χ0n) is 24.4. The van der Waals surface area contributed by atoms with Crippen LogP contribution < -0.4 is 0 Å². The van der Waals surface area contributed by atoms with Gasteiger partial charge in [-0.25, -0.2) is 0 Å². The van der Waals surface area contributed by atoms with Gasteiger partial charge in [-0.15, -0.1) is 0 Å². The zero-order chi connectivity index (χ0) is 27.0. The lowest BCUT2D eigenvalue weighted by Crippen LogP contribution is -2.75. The molecular formula is C32H49BrO4. The van der Waals surface area contributed by atoms with Crippen molar-refractivity contribution in [2.75, 3.05) is 0 Å². The number of hydrogen-bond acceptors (Lipinski definition) is 4. The Morgan fingerprint density at radius 1 is 0.946 bits per heavy atom. The third kappa shape index (κ3) is 2.87.